The van der Waals surface area contributed by atoms with Gasteiger partial charge in [0.25, 0.3) is 0 Å². The Morgan fingerprint density at radius 1 is 1.05 bits per heavy atom. The highest BCUT2D eigenvalue weighted by Gasteiger charge is 2.10. The van der Waals surface area contributed by atoms with Gasteiger partial charge in [-0.2, -0.15) is 0 Å². The normalized spacial score (nSPS) is 10.7. The molecule has 0 spiro atoms. The van der Waals surface area contributed by atoms with Gasteiger partial charge in [0.15, 0.2) is 0 Å². The van der Waals surface area contributed by atoms with E-state index in [2.05, 4.69) is 25.5 Å². The minimum atomic E-state index is -0.172. The van der Waals surface area contributed by atoms with Crippen molar-refractivity contribution in [3.05, 3.63) is 53.6 Å². The van der Waals surface area contributed by atoms with Gasteiger partial charge in [0.05, 0.1) is 5.71 Å². The molecule has 0 fully saturated rings. The van der Waals surface area contributed by atoms with E-state index >= 15 is 0 Å². The molecule has 0 aliphatic rings. The summed E-state index contributed by atoms with van der Waals surface area (Å²) in [5, 5.41) is 9.60. The van der Waals surface area contributed by atoms with Gasteiger partial charge in [-0.3, -0.25) is 5.41 Å². The van der Waals surface area contributed by atoms with Crippen LogP contribution in [0.5, 0.6) is 0 Å². The lowest BCUT2D eigenvalue weighted by Crippen LogP contribution is -2.09. The first-order valence-electron chi connectivity index (χ1n) is 6.00. The van der Waals surface area contributed by atoms with Gasteiger partial charge in [0.1, 0.15) is 0 Å². The molecule has 0 radical (unpaired) electrons. The number of nitrogens with two attached hydrogens (primary N) is 2. The van der Waals surface area contributed by atoms with Gasteiger partial charge in [-0.1, -0.05) is 26.1 Å². The summed E-state index contributed by atoms with van der Waals surface area (Å²) in [5.74, 6) is 0. The zero-order valence-electron chi connectivity index (χ0n) is 11.1. The second kappa shape index (κ2) is 5.41. The van der Waals surface area contributed by atoms with Crippen LogP contribution in [0.25, 0.3) is 0 Å². The van der Waals surface area contributed by atoms with E-state index in [-0.39, 0.29) is 7.92 Å². The lowest BCUT2D eigenvalue weighted by molar-refractivity contribution is 1.46. The van der Waals surface area contributed by atoms with Crippen LogP contribution in [0, 0.1) is 5.41 Å². The molecule has 2 rings (SSSR count). The molecule has 2 aromatic rings. The Hall–Kier alpha value is -1.86. The number of nitrogen functional groups attached to an aromatic ring is 2. The topological polar surface area (TPSA) is 75.9 Å². The van der Waals surface area contributed by atoms with Gasteiger partial charge in [0, 0.05) is 22.5 Å². The number of benzene rings is 2. The summed E-state index contributed by atoms with van der Waals surface area (Å²) in [7, 11) is -0.172. The minimum absolute atomic E-state index is 0.172. The van der Waals surface area contributed by atoms with Crippen molar-refractivity contribution in [1.29, 1.82) is 5.41 Å². The summed E-state index contributed by atoms with van der Waals surface area (Å²) in [6, 6.07) is 13.3. The zero-order chi connectivity index (χ0) is 14.0. The van der Waals surface area contributed by atoms with E-state index in [1.54, 1.807) is 18.2 Å². The van der Waals surface area contributed by atoms with Crippen LogP contribution in [-0.2, 0) is 0 Å². The van der Waals surface area contributed by atoms with Crippen LogP contribution < -0.4 is 16.8 Å². The van der Waals surface area contributed by atoms with Crippen LogP contribution in [0.2, 0.25) is 0 Å². The average molecular weight is 271 g/mol. The van der Waals surface area contributed by atoms with Crippen LogP contribution in [0.4, 0.5) is 11.4 Å². The minimum Gasteiger partial charge on any atom is -0.399 e. The first kappa shape index (κ1) is 13.6. The summed E-state index contributed by atoms with van der Waals surface area (Å²) >= 11 is 0. The van der Waals surface area contributed by atoms with Gasteiger partial charge in [0.2, 0.25) is 0 Å². The molecule has 0 atom stereocenters. The summed E-state index contributed by atoms with van der Waals surface area (Å²) in [6.07, 6.45) is 0. The van der Waals surface area contributed by atoms with Crippen LogP contribution >= 0.6 is 7.92 Å². The summed E-state index contributed by atoms with van der Waals surface area (Å²) < 4.78 is 0. The molecule has 0 heterocycles. The Morgan fingerprint density at radius 2 is 1.79 bits per heavy atom. The van der Waals surface area contributed by atoms with E-state index in [0.717, 1.165) is 5.56 Å². The van der Waals surface area contributed by atoms with Gasteiger partial charge in [-0.25, -0.2) is 0 Å². The number of hydrogen-bond acceptors (Lipinski definition) is 3. The molecule has 0 bridgehead atoms. The van der Waals surface area contributed by atoms with Crippen LogP contribution in [-0.4, -0.2) is 19.0 Å². The van der Waals surface area contributed by atoms with Gasteiger partial charge in [-0.15, -0.1) is 0 Å². The third-order valence-corrected chi connectivity index (χ3v) is 4.31. The molecule has 0 aliphatic heterocycles. The van der Waals surface area contributed by atoms with Crippen LogP contribution in [0.1, 0.15) is 11.1 Å². The van der Waals surface area contributed by atoms with E-state index in [4.69, 9.17) is 16.9 Å². The van der Waals surface area contributed by atoms with Crippen molar-refractivity contribution < 1.29 is 0 Å². The molecule has 0 aromatic heterocycles. The fraction of sp³-hybridized carbons (Fsp3) is 0.133. The molecule has 98 valence electrons. The molecule has 19 heavy (non-hydrogen) atoms. The van der Waals surface area contributed by atoms with Crippen LogP contribution in [0.15, 0.2) is 42.5 Å². The third kappa shape index (κ3) is 2.94. The van der Waals surface area contributed by atoms with Crippen molar-refractivity contribution in [2.24, 2.45) is 0 Å². The summed E-state index contributed by atoms with van der Waals surface area (Å²) in [6.45, 7) is 4.40. The molecule has 0 saturated carbocycles. The predicted octanol–water partition coefficient (Wildman–Crippen LogP) is 2.63. The van der Waals surface area contributed by atoms with Crippen molar-refractivity contribution in [3.63, 3.8) is 0 Å². The first-order valence-corrected chi connectivity index (χ1v) is 8.24. The molecule has 5 N–H and O–H groups in total. The second-order valence-corrected chi connectivity index (χ2v) is 6.97. The molecular formula is C15H18N3P. The summed E-state index contributed by atoms with van der Waals surface area (Å²) in [5.41, 5.74) is 14.9. The van der Waals surface area contributed by atoms with E-state index in [1.165, 1.54) is 5.30 Å². The highest BCUT2D eigenvalue weighted by Crippen LogP contribution is 2.25. The van der Waals surface area contributed by atoms with Crippen LogP contribution in [0.3, 0.4) is 0 Å². The first-order chi connectivity index (χ1) is 8.99. The fourth-order valence-corrected chi connectivity index (χ4v) is 2.67. The zero-order valence-corrected chi connectivity index (χ0v) is 12.0. The smallest absolute Gasteiger partial charge is 0.0706 e. The van der Waals surface area contributed by atoms with Gasteiger partial charge < -0.3 is 11.5 Å². The van der Waals surface area contributed by atoms with Crippen molar-refractivity contribution >= 4 is 30.3 Å². The Bertz CT molecular complexity index is 621. The van der Waals surface area contributed by atoms with Gasteiger partial charge >= 0.3 is 0 Å². The third-order valence-electron chi connectivity index (χ3n) is 3.00. The standard InChI is InChI=1S/C15H18N3P/c1-19(2)12-5-3-4-10(8-12)15(18)13-9-11(16)6-7-14(13)17/h3-9,18H,16-17H2,1-2H3. The Labute approximate surface area is 114 Å². The summed E-state index contributed by atoms with van der Waals surface area (Å²) in [4.78, 5) is 0. The van der Waals surface area contributed by atoms with Crippen molar-refractivity contribution in [2.75, 3.05) is 24.8 Å². The molecule has 4 heteroatoms. The predicted molar refractivity (Wildman–Crippen MR) is 86.0 cm³/mol. The lowest BCUT2D eigenvalue weighted by Gasteiger charge is -2.11. The number of anilines is 2. The SMILES string of the molecule is CP(C)c1cccc(C(=N)c2cc(N)ccc2N)c1. The molecule has 0 saturated heterocycles. The second-order valence-electron chi connectivity index (χ2n) is 4.67. The maximum absolute atomic E-state index is 8.32. The molecule has 2 aromatic carbocycles. The lowest BCUT2D eigenvalue weighted by atomic mass is 10.0. The highest BCUT2D eigenvalue weighted by molar-refractivity contribution is 7.64. The number of nitrogens with one attached hydrogen (secondary N) is 1. The Kier molecular flexibility index (Phi) is 3.87. The van der Waals surface area contributed by atoms with E-state index in [9.17, 15) is 0 Å². The maximum atomic E-state index is 8.32. The Balaban J connectivity index is 2.44. The monoisotopic (exact) mass is 271 g/mol. The molecule has 0 unspecified atom stereocenters. The fourth-order valence-electron chi connectivity index (χ4n) is 1.89. The van der Waals surface area contributed by atoms with Crippen molar-refractivity contribution in [2.45, 2.75) is 0 Å². The van der Waals surface area contributed by atoms with Gasteiger partial charge in [-0.05, 0) is 42.9 Å². The molecule has 0 aliphatic carbocycles. The Morgan fingerprint density at radius 3 is 2.47 bits per heavy atom. The van der Waals surface area contributed by atoms with E-state index in [0.29, 0.717) is 22.6 Å². The molecule has 3 nitrogen and oxygen atoms in total. The van der Waals surface area contributed by atoms with E-state index < -0.39 is 0 Å². The van der Waals surface area contributed by atoms with Crippen molar-refractivity contribution in [1.82, 2.24) is 0 Å². The van der Waals surface area contributed by atoms with E-state index in [1.807, 2.05) is 12.1 Å². The number of rotatable bonds is 3. The van der Waals surface area contributed by atoms with Crippen molar-refractivity contribution in [3.8, 4) is 0 Å². The quantitative estimate of drug-likeness (QED) is 0.456. The highest BCUT2D eigenvalue weighted by atomic mass is 31.1. The molecular weight excluding hydrogens is 253 g/mol. The average Bonchev–Trinajstić information content (AvgIpc) is 2.41. The largest absolute Gasteiger partial charge is 0.399 e. The number of hydrogen-bond donors (Lipinski definition) is 3. The molecule has 0 amide bonds. The maximum Gasteiger partial charge on any atom is 0.0706 e.